The first-order chi connectivity index (χ1) is 11.9. The number of esters is 1. The predicted molar refractivity (Wildman–Crippen MR) is 102 cm³/mol. The number of hydrogen-bond acceptors (Lipinski definition) is 6. The molecule has 142 valence electrons. The van der Waals surface area contributed by atoms with E-state index < -0.39 is 5.41 Å². The first-order valence-electron chi connectivity index (χ1n) is 9.13. The van der Waals surface area contributed by atoms with Crippen LogP contribution in [0.15, 0.2) is 17.4 Å². The summed E-state index contributed by atoms with van der Waals surface area (Å²) in [6.45, 7) is 11.1. The van der Waals surface area contributed by atoms with Crippen LogP contribution in [-0.2, 0) is 9.53 Å². The van der Waals surface area contributed by atoms with Crippen LogP contribution in [0.3, 0.4) is 0 Å². The van der Waals surface area contributed by atoms with Gasteiger partial charge in [0.25, 0.3) is 0 Å². The first kappa shape index (κ1) is 21.7. The highest BCUT2D eigenvalue weighted by Gasteiger charge is 2.32. The van der Waals surface area contributed by atoms with Crippen molar-refractivity contribution in [3.05, 3.63) is 12.3 Å². The second-order valence-corrected chi connectivity index (χ2v) is 7.95. The minimum Gasteiger partial charge on any atom is -0.478 e. The van der Waals surface area contributed by atoms with E-state index in [0.717, 1.165) is 36.6 Å². The van der Waals surface area contributed by atoms with Crippen molar-refractivity contribution < 1.29 is 14.3 Å². The van der Waals surface area contributed by atoms with Gasteiger partial charge in [0, 0.05) is 18.0 Å². The van der Waals surface area contributed by atoms with Crippen molar-refractivity contribution in [3.8, 4) is 5.88 Å². The molecule has 1 aromatic heterocycles. The molecule has 0 aliphatic rings. The lowest BCUT2D eigenvalue weighted by atomic mass is 9.81. The Hall–Kier alpha value is -1.30. The number of hydrogen-bond donors (Lipinski definition) is 0. The average molecular weight is 369 g/mol. The fourth-order valence-corrected chi connectivity index (χ4v) is 2.75. The van der Waals surface area contributed by atoms with E-state index in [1.54, 1.807) is 24.0 Å². The maximum absolute atomic E-state index is 12.0. The molecule has 0 aliphatic heterocycles. The Bertz CT molecular complexity index is 521. The van der Waals surface area contributed by atoms with Gasteiger partial charge in [-0.15, -0.1) is 0 Å². The number of thioether (sulfide) groups is 1. The van der Waals surface area contributed by atoms with Crippen LogP contribution in [0.4, 0.5) is 0 Å². The Labute approximate surface area is 156 Å². The standard InChI is InChI=1S/C19H32N2O3S/c1-6-23-16-11-12-20-18(21-16)25-14-10-8-7-9-13-24-17(22)19(4,5)15(2)3/h11-12,15H,6-10,13-14H2,1-5H3. The monoisotopic (exact) mass is 368 g/mol. The summed E-state index contributed by atoms with van der Waals surface area (Å²) in [5.74, 6) is 1.80. The minimum absolute atomic E-state index is 0.0932. The summed E-state index contributed by atoms with van der Waals surface area (Å²) in [6, 6.07) is 1.77. The van der Waals surface area contributed by atoms with Crippen LogP contribution in [0, 0.1) is 11.3 Å². The van der Waals surface area contributed by atoms with Crippen molar-refractivity contribution in [2.75, 3.05) is 19.0 Å². The van der Waals surface area contributed by atoms with Crippen molar-refractivity contribution >= 4 is 17.7 Å². The van der Waals surface area contributed by atoms with E-state index in [1.165, 1.54) is 0 Å². The second kappa shape index (κ2) is 11.3. The summed E-state index contributed by atoms with van der Waals surface area (Å²) in [4.78, 5) is 20.6. The van der Waals surface area contributed by atoms with Gasteiger partial charge in [0.1, 0.15) is 0 Å². The second-order valence-electron chi connectivity index (χ2n) is 6.89. The lowest BCUT2D eigenvalue weighted by Crippen LogP contribution is -2.32. The van der Waals surface area contributed by atoms with Gasteiger partial charge in [-0.3, -0.25) is 4.79 Å². The zero-order chi connectivity index (χ0) is 18.7. The summed E-state index contributed by atoms with van der Waals surface area (Å²) in [5.41, 5.74) is -0.410. The molecule has 1 rings (SSSR count). The van der Waals surface area contributed by atoms with Crippen molar-refractivity contribution in [1.29, 1.82) is 0 Å². The molecular formula is C19H32N2O3S. The average Bonchev–Trinajstić information content (AvgIpc) is 2.57. The van der Waals surface area contributed by atoms with Gasteiger partial charge in [0.15, 0.2) is 5.16 Å². The van der Waals surface area contributed by atoms with Crippen LogP contribution in [0.2, 0.25) is 0 Å². The maximum atomic E-state index is 12.0. The first-order valence-corrected chi connectivity index (χ1v) is 10.1. The predicted octanol–water partition coefficient (Wildman–Crippen LogP) is 4.75. The van der Waals surface area contributed by atoms with E-state index in [-0.39, 0.29) is 11.9 Å². The van der Waals surface area contributed by atoms with Gasteiger partial charge >= 0.3 is 5.97 Å². The molecule has 0 unspecified atom stereocenters. The molecule has 5 nitrogen and oxygen atoms in total. The number of rotatable bonds is 12. The zero-order valence-electron chi connectivity index (χ0n) is 16.2. The molecule has 0 aliphatic carbocycles. The van der Waals surface area contributed by atoms with Crippen molar-refractivity contribution in [3.63, 3.8) is 0 Å². The van der Waals surface area contributed by atoms with Crippen LogP contribution in [-0.4, -0.2) is 34.9 Å². The van der Waals surface area contributed by atoms with E-state index in [1.807, 2.05) is 34.6 Å². The van der Waals surface area contributed by atoms with E-state index in [0.29, 0.717) is 19.1 Å². The third-order valence-electron chi connectivity index (χ3n) is 4.37. The fraction of sp³-hybridized carbons (Fsp3) is 0.737. The third kappa shape index (κ3) is 8.08. The molecule has 0 aromatic carbocycles. The van der Waals surface area contributed by atoms with E-state index in [4.69, 9.17) is 9.47 Å². The van der Waals surface area contributed by atoms with Gasteiger partial charge in [0.2, 0.25) is 5.88 Å². The summed E-state index contributed by atoms with van der Waals surface area (Å²) >= 11 is 1.65. The van der Waals surface area contributed by atoms with Gasteiger partial charge in [-0.05, 0) is 39.5 Å². The largest absolute Gasteiger partial charge is 0.478 e. The lowest BCUT2D eigenvalue weighted by molar-refractivity contribution is -0.156. The molecule has 0 fully saturated rings. The molecule has 6 heteroatoms. The molecule has 0 bridgehead atoms. The normalized spacial score (nSPS) is 11.6. The Balaban J connectivity index is 2.09. The third-order valence-corrected chi connectivity index (χ3v) is 5.32. The highest BCUT2D eigenvalue weighted by molar-refractivity contribution is 7.99. The molecule has 0 atom stereocenters. The Morgan fingerprint density at radius 3 is 2.64 bits per heavy atom. The summed E-state index contributed by atoms with van der Waals surface area (Å²) in [6.07, 6.45) is 5.92. The summed E-state index contributed by atoms with van der Waals surface area (Å²) in [7, 11) is 0. The zero-order valence-corrected chi connectivity index (χ0v) is 17.0. The van der Waals surface area contributed by atoms with Gasteiger partial charge < -0.3 is 9.47 Å². The van der Waals surface area contributed by atoms with Gasteiger partial charge in [0.05, 0.1) is 18.6 Å². The highest BCUT2D eigenvalue weighted by Crippen LogP contribution is 2.27. The van der Waals surface area contributed by atoms with Crippen LogP contribution < -0.4 is 4.74 Å². The Kier molecular flexibility index (Phi) is 9.86. The molecule has 0 amide bonds. The maximum Gasteiger partial charge on any atom is 0.311 e. The molecule has 1 heterocycles. The van der Waals surface area contributed by atoms with E-state index in [9.17, 15) is 4.79 Å². The molecule has 0 N–H and O–H groups in total. The quantitative estimate of drug-likeness (QED) is 0.229. The van der Waals surface area contributed by atoms with Crippen LogP contribution in [0.1, 0.15) is 60.3 Å². The molecule has 1 aromatic rings. The van der Waals surface area contributed by atoms with Crippen LogP contribution in [0.5, 0.6) is 5.88 Å². The summed E-state index contributed by atoms with van der Waals surface area (Å²) < 4.78 is 10.8. The highest BCUT2D eigenvalue weighted by atomic mass is 32.2. The Morgan fingerprint density at radius 1 is 1.24 bits per heavy atom. The molecule has 25 heavy (non-hydrogen) atoms. The van der Waals surface area contributed by atoms with Gasteiger partial charge in [-0.25, -0.2) is 4.98 Å². The van der Waals surface area contributed by atoms with E-state index in [2.05, 4.69) is 9.97 Å². The number of ether oxygens (including phenoxy) is 2. The van der Waals surface area contributed by atoms with Gasteiger partial charge in [-0.2, -0.15) is 4.98 Å². The Morgan fingerprint density at radius 2 is 1.96 bits per heavy atom. The number of unbranched alkanes of at least 4 members (excludes halogenated alkanes) is 3. The number of aromatic nitrogens is 2. The SMILES string of the molecule is CCOc1ccnc(SCCCCCCOC(=O)C(C)(C)C(C)C)n1. The van der Waals surface area contributed by atoms with Gasteiger partial charge in [-0.1, -0.05) is 38.5 Å². The smallest absolute Gasteiger partial charge is 0.311 e. The van der Waals surface area contributed by atoms with Crippen molar-refractivity contribution in [2.24, 2.45) is 11.3 Å². The van der Waals surface area contributed by atoms with Crippen molar-refractivity contribution in [1.82, 2.24) is 9.97 Å². The molecule has 0 spiro atoms. The van der Waals surface area contributed by atoms with Crippen LogP contribution in [0.25, 0.3) is 0 Å². The minimum atomic E-state index is -0.410. The summed E-state index contributed by atoms with van der Waals surface area (Å²) in [5, 5.41) is 0.760. The number of carbonyl (C=O) groups excluding carboxylic acids is 1. The molecular weight excluding hydrogens is 336 g/mol. The molecule has 0 radical (unpaired) electrons. The number of nitrogens with zero attached hydrogens (tertiary/aromatic N) is 2. The topological polar surface area (TPSA) is 61.3 Å². The molecule has 0 saturated heterocycles. The van der Waals surface area contributed by atoms with Crippen LogP contribution >= 0.6 is 11.8 Å². The fourth-order valence-electron chi connectivity index (χ4n) is 1.93. The lowest BCUT2D eigenvalue weighted by Gasteiger charge is -2.26. The molecule has 0 saturated carbocycles. The van der Waals surface area contributed by atoms with E-state index >= 15 is 0 Å². The number of carbonyl (C=O) groups is 1. The van der Waals surface area contributed by atoms with Crippen molar-refractivity contribution in [2.45, 2.75) is 65.5 Å².